The summed E-state index contributed by atoms with van der Waals surface area (Å²) in [6.07, 6.45) is -0.162. The highest BCUT2D eigenvalue weighted by Gasteiger charge is 2.22. The van der Waals surface area contributed by atoms with Crippen molar-refractivity contribution in [2.75, 3.05) is 6.79 Å². The van der Waals surface area contributed by atoms with Crippen molar-refractivity contribution < 1.29 is 9.47 Å². The Bertz CT molecular complexity index is 715. The first-order valence-corrected chi connectivity index (χ1v) is 6.92. The fourth-order valence-electron chi connectivity index (χ4n) is 2.33. The van der Waals surface area contributed by atoms with Crippen molar-refractivity contribution in [3.8, 4) is 11.5 Å². The maximum atomic E-state index is 5.90. The van der Waals surface area contributed by atoms with Gasteiger partial charge in [-0.25, -0.2) is 10.4 Å². The fraction of sp³-hybridized carbons (Fsp3) is 0.133. The number of hydrazine groups is 1. The molecule has 6 heteroatoms. The lowest BCUT2D eigenvalue weighted by atomic mass is 10.1. The zero-order valence-electron chi connectivity index (χ0n) is 11.0. The summed E-state index contributed by atoms with van der Waals surface area (Å²) in [4.78, 5) is 4.64. The monoisotopic (exact) mass is 301 g/mol. The van der Waals surface area contributed by atoms with Gasteiger partial charge in [0.1, 0.15) is 12.0 Å². The topological polar surface area (TPSA) is 54.9 Å². The Balaban J connectivity index is 1.61. The van der Waals surface area contributed by atoms with E-state index in [4.69, 9.17) is 21.1 Å². The Kier molecular flexibility index (Phi) is 2.94. The minimum absolute atomic E-state index is 0.162. The molecule has 2 aliphatic rings. The Hall–Kier alpha value is -2.24. The molecule has 5 nitrogen and oxygen atoms in total. The van der Waals surface area contributed by atoms with E-state index in [1.54, 1.807) is 0 Å². The molecule has 1 atom stereocenters. The molecule has 0 amide bonds. The first-order valence-electron chi connectivity index (χ1n) is 6.54. The van der Waals surface area contributed by atoms with Crippen molar-refractivity contribution in [2.24, 2.45) is 4.99 Å². The lowest BCUT2D eigenvalue weighted by molar-refractivity contribution is 0.174. The maximum Gasteiger partial charge on any atom is 0.231 e. The van der Waals surface area contributed by atoms with Gasteiger partial charge in [-0.1, -0.05) is 17.7 Å². The van der Waals surface area contributed by atoms with Gasteiger partial charge >= 0.3 is 0 Å². The number of fused-ring (bicyclic) bond motifs is 1. The normalized spacial score (nSPS) is 19.3. The molecule has 0 bridgehead atoms. The first-order chi connectivity index (χ1) is 10.3. The Morgan fingerprint density at radius 2 is 1.86 bits per heavy atom. The van der Waals surface area contributed by atoms with Gasteiger partial charge in [0, 0.05) is 10.6 Å². The number of hydrogen-bond donors (Lipinski definition) is 2. The number of rotatable bonds is 2. The second-order valence-corrected chi connectivity index (χ2v) is 5.21. The second kappa shape index (κ2) is 4.95. The number of ether oxygens (including phenoxy) is 2. The van der Waals surface area contributed by atoms with Gasteiger partial charge in [-0.05, 0) is 42.0 Å². The molecule has 106 valence electrons. The summed E-state index contributed by atoms with van der Waals surface area (Å²) in [7, 11) is 0. The average molecular weight is 302 g/mol. The predicted molar refractivity (Wildman–Crippen MR) is 79.6 cm³/mol. The first kappa shape index (κ1) is 12.5. The van der Waals surface area contributed by atoms with Crippen molar-refractivity contribution in [3.05, 3.63) is 58.6 Å². The van der Waals surface area contributed by atoms with Crippen LogP contribution in [0.3, 0.4) is 0 Å². The fourth-order valence-corrected chi connectivity index (χ4v) is 2.45. The SMILES string of the molecule is Clc1ccc(C2=N[C@H](c3ccc4c(c3)OCO4)NN2)cc1. The van der Waals surface area contributed by atoms with Crippen LogP contribution in [0.1, 0.15) is 17.3 Å². The quantitative estimate of drug-likeness (QED) is 0.895. The summed E-state index contributed by atoms with van der Waals surface area (Å²) in [5.41, 5.74) is 8.23. The van der Waals surface area contributed by atoms with Crippen LogP contribution in [0, 0.1) is 0 Å². The van der Waals surface area contributed by atoms with E-state index in [1.165, 1.54) is 0 Å². The van der Waals surface area contributed by atoms with E-state index in [0.29, 0.717) is 5.02 Å². The molecule has 4 rings (SSSR count). The molecule has 0 spiro atoms. The van der Waals surface area contributed by atoms with Gasteiger partial charge in [-0.2, -0.15) is 0 Å². The predicted octanol–water partition coefficient (Wildman–Crippen LogP) is 2.62. The number of halogens is 1. The summed E-state index contributed by atoms with van der Waals surface area (Å²) in [5, 5.41) is 0.706. The largest absolute Gasteiger partial charge is 0.454 e. The van der Waals surface area contributed by atoms with Crippen LogP contribution in [-0.2, 0) is 0 Å². The number of nitrogens with zero attached hydrogens (tertiary/aromatic N) is 1. The molecule has 0 saturated heterocycles. The Morgan fingerprint density at radius 3 is 2.71 bits per heavy atom. The van der Waals surface area contributed by atoms with Crippen LogP contribution in [0.15, 0.2) is 47.5 Å². The smallest absolute Gasteiger partial charge is 0.231 e. The second-order valence-electron chi connectivity index (χ2n) is 4.77. The summed E-state index contributed by atoms with van der Waals surface area (Å²) in [6, 6.07) is 13.4. The van der Waals surface area contributed by atoms with Crippen LogP contribution >= 0.6 is 11.6 Å². The molecule has 2 aliphatic heterocycles. The molecule has 2 N–H and O–H groups in total. The van der Waals surface area contributed by atoms with Gasteiger partial charge in [0.2, 0.25) is 6.79 Å². The lowest BCUT2D eigenvalue weighted by Crippen LogP contribution is -2.31. The molecule has 0 unspecified atom stereocenters. The molecule has 2 aromatic rings. The standard InChI is InChI=1S/C15H12ClN3O2/c16-11-4-1-9(2-5-11)14-17-15(19-18-14)10-3-6-12-13(7-10)21-8-20-12/h1-7,15,19H,8H2,(H,17,18)/t15-/m0/s1. The average Bonchev–Trinajstić information content (AvgIpc) is 3.16. The molecule has 2 aromatic carbocycles. The summed E-state index contributed by atoms with van der Waals surface area (Å²) in [5.74, 6) is 2.31. The molecular formula is C15H12ClN3O2. The van der Waals surface area contributed by atoms with E-state index in [1.807, 2.05) is 42.5 Å². The van der Waals surface area contributed by atoms with Crippen LogP contribution in [0.25, 0.3) is 0 Å². The van der Waals surface area contributed by atoms with Crippen molar-refractivity contribution in [2.45, 2.75) is 6.17 Å². The summed E-state index contributed by atoms with van der Waals surface area (Å²) in [6.45, 7) is 0.272. The third kappa shape index (κ3) is 2.30. The van der Waals surface area contributed by atoms with Gasteiger partial charge in [0.15, 0.2) is 11.5 Å². The zero-order valence-corrected chi connectivity index (χ0v) is 11.7. The number of nitrogens with one attached hydrogen (secondary N) is 2. The van der Waals surface area contributed by atoms with Gasteiger partial charge in [-0.3, -0.25) is 0 Å². The lowest BCUT2D eigenvalue weighted by Gasteiger charge is -2.08. The molecule has 2 heterocycles. The maximum absolute atomic E-state index is 5.90. The molecule has 0 fully saturated rings. The molecule has 21 heavy (non-hydrogen) atoms. The highest BCUT2D eigenvalue weighted by atomic mass is 35.5. The number of amidine groups is 1. The van der Waals surface area contributed by atoms with E-state index < -0.39 is 0 Å². The van der Waals surface area contributed by atoms with Crippen LogP contribution < -0.4 is 20.3 Å². The van der Waals surface area contributed by atoms with Crippen molar-refractivity contribution in [1.82, 2.24) is 10.9 Å². The third-order valence-corrected chi connectivity index (χ3v) is 3.67. The molecule has 0 aliphatic carbocycles. The number of aliphatic imine (C=N–C) groups is 1. The van der Waals surface area contributed by atoms with Gasteiger partial charge in [0.05, 0.1) is 0 Å². The van der Waals surface area contributed by atoms with Crippen molar-refractivity contribution in [3.63, 3.8) is 0 Å². The molecule has 0 aromatic heterocycles. The van der Waals surface area contributed by atoms with Gasteiger partial charge < -0.3 is 14.9 Å². The van der Waals surface area contributed by atoms with Crippen molar-refractivity contribution in [1.29, 1.82) is 0 Å². The molecule has 0 saturated carbocycles. The van der Waals surface area contributed by atoms with Crippen LogP contribution in [0.4, 0.5) is 0 Å². The van der Waals surface area contributed by atoms with Gasteiger partial charge in [-0.15, -0.1) is 0 Å². The van der Waals surface area contributed by atoms with Crippen molar-refractivity contribution >= 4 is 17.4 Å². The van der Waals surface area contributed by atoms with Gasteiger partial charge in [0.25, 0.3) is 0 Å². The highest BCUT2D eigenvalue weighted by Crippen LogP contribution is 2.34. The Labute approximate surface area is 126 Å². The molecular weight excluding hydrogens is 290 g/mol. The van der Waals surface area contributed by atoms with Crippen LogP contribution in [-0.4, -0.2) is 12.6 Å². The minimum atomic E-state index is -0.162. The number of benzene rings is 2. The third-order valence-electron chi connectivity index (χ3n) is 3.42. The van der Waals surface area contributed by atoms with E-state index in [9.17, 15) is 0 Å². The van der Waals surface area contributed by atoms with E-state index in [-0.39, 0.29) is 13.0 Å². The summed E-state index contributed by atoms with van der Waals surface area (Å²) < 4.78 is 10.7. The zero-order chi connectivity index (χ0) is 14.2. The number of hydrogen-bond acceptors (Lipinski definition) is 5. The van der Waals surface area contributed by atoms with Crippen LogP contribution in [0.5, 0.6) is 11.5 Å². The van der Waals surface area contributed by atoms with E-state index in [0.717, 1.165) is 28.5 Å². The summed E-state index contributed by atoms with van der Waals surface area (Å²) >= 11 is 5.90. The highest BCUT2D eigenvalue weighted by molar-refractivity contribution is 6.30. The molecule has 0 radical (unpaired) electrons. The Morgan fingerprint density at radius 1 is 1.05 bits per heavy atom. The van der Waals surface area contributed by atoms with Crippen LogP contribution in [0.2, 0.25) is 5.02 Å². The van der Waals surface area contributed by atoms with E-state index in [2.05, 4.69) is 15.8 Å². The minimum Gasteiger partial charge on any atom is -0.454 e. The van der Waals surface area contributed by atoms with E-state index >= 15 is 0 Å².